The standard InChI is InChI=1S/C10H18N4O3S/c1-3-10(4-15,5-16)14-8(17)6-7(11)13-9(12-2)18-6/h15-16H,3-5,11H2,1-2H3,(H,12,13)(H,14,17). The summed E-state index contributed by atoms with van der Waals surface area (Å²) in [6.07, 6.45) is 0.406. The van der Waals surface area contributed by atoms with Gasteiger partial charge in [0.05, 0.1) is 18.8 Å². The second-order valence-electron chi connectivity index (χ2n) is 3.89. The van der Waals surface area contributed by atoms with E-state index < -0.39 is 11.4 Å². The minimum Gasteiger partial charge on any atom is -0.394 e. The van der Waals surface area contributed by atoms with Gasteiger partial charge in [0, 0.05) is 7.05 Å². The molecule has 0 unspecified atom stereocenters. The molecule has 1 aromatic rings. The van der Waals surface area contributed by atoms with Crippen LogP contribution in [0, 0.1) is 0 Å². The van der Waals surface area contributed by atoms with Gasteiger partial charge in [0.15, 0.2) is 5.13 Å². The molecular formula is C10H18N4O3S. The highest BCUT2D eigenvalue weighted by Crippen LogP contribution is 2.25. The molecule has 0 aromatic carbocycles. The monoisotopic (exact) mass is 274 g/mol. The maximum atomic E-state index is 12.0. The molecule has 0 fully saturated rings. The summed E-state index contributed by atoms with van der Waals surface area (Å²) in [7, 11) is 1.68. The third-order valence-corrected chi connectivity index (χ3v) is 3.82. The molecule has 0 saturated heterocycles. The quantitative estimate of drug-likeness (QED) is 0.483. The number of amides is 1. The topological polar surface area (TPSA) is 120 Å². The first-order valence-electron chi connectivity index (χ1n) is 5.50. The molecule has 1 rings (SSSR count). The Kier molecular flexibility index (Phi) is 4.88. The molecule has 0 aliphatic carbocycles. The first-order valence-corrected chi connectivity index (χ1v) is 6.31. The van der Waals surface area contributed by atoms with Crippen molar-refractivity contribution >= 4 is 28.2 Å². The predicted molar refractivity (Wildman–Crippen MR) is 70.7 cm³/mol. The minimum atomic E-state index is -1.03. The molecule has 0 bridgehead atoms. The Morgan fingerprint density at radius 1 is 1.50 bits per heavy atom. The van der Waals surface area contributed by atoms with Crippen molar-refractivity contribution in [1.29, 1.82) is 0 Å². The number of anilines is 2. The fourth-order valence-corrected chi connectivity index (χ4v) is 2.07. The second-order valence-corrected chi connectivity index (χ2v) is 4.89. The zero-order valence-corrected chi connectivity index (χ0v) is 11.2. The number of thiazole rings is 1. The van der Waals surface area contributed by atoms with Crippen molar-refractivity contribution < 1.29 is 15.0 Å². The van der Waals surface area contributed by atoms with E-state index in [1.165, 1.54) is 0 Å². The second kappa shape index (κ2) is 5.98. The van der Waals surface area contributed by atoms with Gasteiger partial charge >= 0.3 is 0 Å². The van der Waals surface area contributed by atoms with Crippen LogP contribution in [0.5, 0.6) is 0 Å². The Balaban J connectivity index is 2.90. The van der Waals surface area contributed by atoms with E-state index in [9.17, 15) is 15.0 Å². The van der Waals surface area contributed by atoms with E-state index in [0.29, 0.717) is 11.6 Å². The van der Waals surface area contributed by atoms with Gasteiger partial charge in [0.2, 0.25) is 0 Å². The van der Waals surface area contributed by atoms with E-state index in [2.05, 4.69) is 15.6 Å². The Morgan fingerprint density at radius 2 is 2.11 bits per heavy atom. The summed E-state index contributed by atoms with van der Waals surface area (Å²) < 4.78 is 0. The van der Waals surface area contributed by atoms with Crippen molar-refractivity contribution in [3.05, 3.63) is 4.88 Å². The van der Waals surface area contributed by atoms with Crippen LogP contribution in [0.1, 0.15) is 23.0 Å². The molecule has 1 amide bonds. The molecule has 8 heteroatoms. The summed E-state index contributed by atoms with van der Waals surface area (Å²) in [5.41, 5.74) is 4.60. The maximum Gasteiger partial charge on any atom is 0.265 e. The highest BCUT2D eigenvalue weighted by atomic mass is 32.1. The molecule has 0 radical (unpaired) electrons. The smallest absolute Gasteiger partial charge is 0.265 e. The third kappa shape index (κ3) is 2.89. The van der Waals surface area contributed by atoms with Gasteiger partial charge in [0.25, 0.3) is 5.91 Å². The highest BCUT2D eigenvalue weighted by Gasteiger charge is 2.30. The SMILES string of the molecule is CCC(CO)(CO)NC(=O)c1sc(NC)nc1N. The number of aliphatic hydroxyl groups excluding tert-OH is 2. The molecule has 0 saturated carbocycles. The molecular weight excluding hydrogens is 256 g/mol. The number of nitrogens with zero attached hydrogens (tertiary/aromatic N) is 1. The molecule has 0 spiro atoms. The van der Waals surface area contributed by atoms with E-state index in [1.54, 1.807) is 14.0 Å². The van der Waals surface area contributed by atoms with Gasteiger partial charge < -0.3 is 26.6 Å². The number of aromatic nitrogens is 1. The number of nitrogens with two attached hydrogens (primary N) is 1. The van der Waals surface area contributed by atoms with Crippen LogP contribution in [0.25, 0.3) is 0 Å². The van der Waals surface area contributed by atoms with Gasteiger partial charge in [-0.3, -0.25) is 4.79 Å². The van der Waals surface area contributed by atoms with Crippen molar-refractivity contribution in [2.24, 2.45) is 0 Å². The highest BCUT2D eigenvalue weighted by molar-refractivity contribution is 7.18. The molecule has 102 valence electrons. The summed E-state index contributed by atoms with van der Waals surface area (Å²) >= 11 is 1.12. The van der Waals surface area contributed by atoms with E-state index in [0.717, 1.165) is 11.3 Å². The Bertz CT molecular complexity index is 409. The zero-order valence-electron chi connectivity index (χ0n) is 10.4. The Hall–Kier alpha value is -1.38. The fraction of sp³-hybridized carbons (Fsp3) is 0.600. The largest absolute Gasteiger partial charge is 0.394 e. The lowest BCUT2D eigenvalue weighted by atomic mass is 9.98. The van der Waals surface area contributed by atoms with Crippen LogP contribution in [0.4, 0.5) is 10.9 Å². The number of aliphatic hydroxyl groups is 2. The number of nitrogens with one attached hydrogen (secondary N) is 2. The average molecular weight is 274 g/mol. The van der Waals surface area contributed by atoms with Crippen LogP contribution in [0.15, 0.2) is 0 Å². The number of rotatable bonds is 6. The normalized spacial score (nSPS) is 11.3. The van der Waals surface area contributed by atoms with Crippen molar-refractivity contribution in [3.63, 3.8) is 0 Å². The summed E-state index contributed by atoms with van der Waals surface area (Å²) in [6.45, 7) is 1.08. The average Bonchev–Trinajstić information content (AvgIpc) is 2.77. The van der Waals surface area contributed by atoms with Crippen molar-refractivity contribution in [2.45, 2.75) is 18.9 Å². The number of hydrogen-bond donors (Lipinski definition) is 5. The first-order chi connectivity index (χ1) is 8.51. The van der Waals surface area contributed by atoms with Crippen LogP contribution in [0.2, 0.25) is 0 Å². The Labute approximate surface area is 109 Å². The van der Waals surface area contributed by atoms with Gasteiger partial charge in [-0.15, -0.1) is 0 Å². The summed E-state index contributed by atoms with van der Waals surface area (Å²) in [5.74, 6) is -0.320. The lowest BCUT2D eigenvalue weighted by Crippen LogP contribution is -2.53. The molecule has 7 nitrogen and oxygen atoms in total. The lowest BCUT2D eigenvalue weighted by molar-refractivity contribution is 0.0656. The van der Waals surface area contributed by atoms with E-state index in [4.69, 9.17) is 5.73 Å². The molecule has 0 aliphatic rings. The molecule has 0 aliphatic heterocycles. The lowest BCUT2D eigenvalue weighted by Gasteiger charge is -2.29. The Morgan fingerprint density at radius 3 is 2.50 bits per heavy atom. The number of nitrogen functional groups attached to an aromatic ring is 1. The molecule has 18 heavy (non-hydrogen) atoms. The fourth-order valence-electron chi connectivity index (χ4n) is 1.34. The van der Waals surface area contributed by atoms with E-state index in [1.807, 2.05) is 0 Å². The van der Waals surface area contributed by atoms with Gasteiger partial charge in [-0.25, -0.2) is 4.98 Å². The van der Waals surface area contributed by atoms with Gasteiger partial charge in [-0.05, 0) is 6.42 Å². The summed E-state index contributed by atoms with van der Waals surface area (Å²) in [6, 6.07) is 0. The van der Waals surface area contributed by atoms with Gasteiger partial charge in [0.1, 0.15) is 10.7 Å². The molecule has 0 atom stereocenters. The minimum absolute atomic E-state index is 0.128. The molecule has 6 N–H and O–H groups in total. The van der Waals surface area contributed by atoms with Gasteiger partial charge in [-0.2, -0.15) is 0 Å². The number of carbonyl (C=O) groups excluding carboxylic acids is 1. The van der Waals surface area contributed by atoms with Gasteiger partial charge in [-0.1, -0.05) is 18.3 Å². The first kappa shape index (κ1) is 14.7. The maximum absolute atomic E-state index is 12.0. The molecule has 1 aromatic heterocycles. The van der Waals surface area contributed by atoms with Crippen molar-refractivity contribution in [1.82, 2.24) is 10.3 Å². The van der Waals surface area contributed by atoms with Crippen LogP contribution < -0.4 is 16.4 Å². The molecule has 1 heterocycles. The predicted octanol–water partition coefficient (Wildman–Crippen LogP) is -0.370. The van der Waals surface area contributed by atoms with Crippen LogP contribution in [-0.2, 0) is 0 Å². The number of hydrogen-bond acceptors (Lipinski definition) is 7. The zero-order chi connectivity index (χ0) is 13.8. The number of carbonyl (C=O) groups is 1. The van der Waals surface area contributed by atoms with E-state index >= 15 is 0 Å². The van der Waals surface area contributed by atoms with Crippen molar-refractivity contribution in [2.75, 3.05) is 31.3 Å². The van der Waals surface area contributed by atoms with E-state index in [-0.39, 0.29) is 23.9 Å². The van der Waals surface area contributed by atoms with Crippen LogP contribution >= 0.6 is 11.3 Å². The summed E-state index contributed by atoms with van der Waals surface area (Å²) in [4.78, 5) is 16.2. The van der Waals surface area contributed by atoms with Crippen LogP contribution in [-0.4, -0.2) is 46.9 Å². The van der Waals surface area contributed by atoms with Crippen molar-refractivity contribution in [3.8, 4) is 0 Å². The summed E-state index contributed by atoms with van der Waals surface area (Å²) in [5, 5.41) is 24.5. The third-order valence-electron chi connectivity index (χ3n) is 2.73. The van der Waals surface area contributed by atoms with Crippen LogP contribution in [0.3, 0.4) is 0 Å².